The quantitative estimate of drug-likeness (QED) is 0.732. The summed E-state index contributed by atoms with van der Waals surface area (Å²) in [7, 11) is 0. The van der Waals surface area contributed by atoms with Gasteiger partial charge in [-0.3, -0.25) is 0 Å². The Labute approximate surface area is 112 Å². The van der Waals surface area contributed by atoms with Gasteiger partial charge in [0.25, 0.3) is 0 Å². The Kier molecular flexibility index (Phi) is 2.68. The first-order valence-corrected chi connectivity index (χ1v) is 6.65. The van der Waals surface area contributed by atoms with E-state index in [9.17, 15) is 0 Å². The van der Waals surface area contributed by atoms with Gasteiger partial charge in [0.15, 0.2) is 5.82 Å². The Balaban J connectivity index is 2.19. The number of aromatic nitrogens is 4. The van der Waals surface area contributed by atoms with Crippen molar-refractivity contribution in [3.8, 4) is 10.6 Å². The third-order valence-corrected chi connectivity index (χ3v) is 3.78. The van der Waals surface area contributed by atoms with Crippen molar-refractivity contribution in [3.05, 3.63) is 29.0 Å². The third-order valence-electron chi connectivity index (χ3n) is 2.62. The molecule has 1 aromatic carbocycles. The van der Waals surface area contributed by atoms with Crippen LogP contribution < -0.4 is 5.73 Å². The maximum atomic E-state index is 5.98. The molecule has 0 bridgehead atoms. The molecule has 0 aliphatic rings. The minimum Gasteiger partial charge on any atom is -0.398 e. The molecule has 5 nitrogen and oxygen atoms in total. The molecule has 2 N–H and O–H groups in total. The number of hydrogen-bond acceptors (Lipinski definition) is 5. The van der Waals surface area contributed by atoms with Gasteiger partial charge in [0.05, 0.1) is 0 Å². The van der Waals surface area contributed by atoms with Gasteiger partial charge >= 0.3 is 0 Å². The summed E-state index contributed by atoms with van der Waals surface area (Å²) < 4.78 is 1.75. The standard InChI is InChI=1S/C11H10ClN5S/c1-2-9-14-15-11-17(9)16-10(18-11)7-5-6(12)3-4-8(7)13/h3-5H,2,13H2,1H3. The summed E-state index contributed by atoms with van der Waals surface area (Å²) in [5.74, 6) is 0.841. The highest BCUT2D eigenvalue weighted by molar-refractivity contribution is 7.19. The zero-order chi connectivity index (χ0) is 12.7. The van der Waals surface area contributed by atoms with Gasteiger partial charge in [-0.2, -0.15) is 9.61 Å². The first kappa shape index (κ1) is 11.4. The summed E-state index contributed by atoms with van der Waals surface area (Å²) in [5, 5.41) is 14.1. The van der Waals surface area contributed by atoms with Crippen molar-refractivity contribution >= 4 is 33.6 Å². The average Bonchev–Trinajstić information content (AvgIpc) is 2.91. The lowest BCUT2D eigenvalue weighted by atomic mass is 10.2. The second-order valence-corrected chi connectivity index (χ2v) is 5.20. The largest absolute Gasteiger partial charge is 0.398 e. The molecule has 92 valence electrons. The van der Waals surface area contributed by atoms with Crippen molar-refractivity contribution in [1.29, 1.82) is 0 Å². The van der Waals surface area contributed by atoms with Crippen LogP contribution in [0.3, 0.4) is 0 Å². The molecule has 2 heterocycles. The summed E-state index contributed by atoms with van der Waals surface area (Å²) in [6, 6.07) is 5.35. The second-order valence-electron chi connectivity index (χ2n) is 3.80. The average molecular weight is 280 g/mol. The van der Waals surface area contributed by atoms with Crippen molar-refractivity contribution in [1.82, 2.24) is 19.8 Å². The lowest BCUT2D eigenvalue weighted by Gasteiger charge is -2.01. The van der Waals surface area contributed by atoms with Crippen LogP contribution in [0.4, 0.5) is 5.69 Å². The zero-order valence-electron chi connectivity index (χ0n) is 9.59. The number of halogens is 1. The summed E-state index contributed by atoms with van der Waals surface area (Å²) in [6.07, 6.45) is 0.787. The Morgan fingerprint density at radius 3 is 3.00 bits per heavy atom. The highest BCUT2D eigenvalue weighted by Gasteiger charge is 2.13. The third kappa shape index (κ3) is 1.74. The number of hydrogen-bond donors (Lipinski definition) is 1. The van der Waals surface area contributed by atoms with Crippen molar-refractivity contribution in [3.63, 3.8) is 0 Å². The Morgan fingerprint density at radius 2 is 2.22 bits per heavy atom. The Bertz CT molecular complexity index is 717. The van der Waals surface area contributed by atoms with Crippen LogP contribution in [0.5, 0.6) is 0 Å². The van der Waals surface area contributed by atoms with E-state index in [-0.39, 0.29) is 0 Å². The SMILES string of the molecule is CCc1nnc2sc(-c3cc(Cl)ccc3N)nn12. The minimum absolute atomic E-state index is 0.640. The van der Waals surface area contributed by atoms with Gasteiger partial charge in [-0.05, 0) is 18.2 Å². The topological polar surface area (TPSA) is 69.1 Å². The van der Waals surface area contributed by atoms with Crippen LogP contribution in [-0.4, -0.2) is 19.8 Å². The summed E-state index contributed by atoms with van der Waals surface area (Å²) in [6.45, 7) is 2.02. The van der Waals surface area contributed by atoms with Crippen LogP contribution in [0.15, 0.2) is 18.2 Å². The van der Waals surface area contributed by atoms with E-state index in [0.29, 0.717) is 10.7 Å². The number of nitrogens with zero attached hydrogens (tertiary/aromatic N) is 4. The zero-order valence-corrected chi connectivity index (χ0v) is 11.2. The summed E-state index contributed by atoms with van der Waals surface area (Å²) >= 11 is 7.43. The second kappa shape index (κ2) is 4.22. The van der Waals surface area contributed by atoms with E-state index in [1.54, 1.807) is 16.6 Å². The molecular weight excluding hydrogens is 270 g/mol. The normalized spacial score (nSPS) is 11.2. The molecule has 3 rings (SSSR count). The first-order valence-electron chi connectivity index (χ1n) is 5.45. The van der Waals surface area contributed by atoms with E-state index >= 15 is 0 Å². The molecule has 0 spiro atoms. The van der Waals surface area contributed by atoms with E-state index in [1.807, 2.05) is 13.0 Å². The highest BCUT2D eigenvalue weighted by Crippen LogP contribution is 2.32. The molecule has 0 unspecified atom stereocenters. The lowest BCUT2D eigenvalue weighted by Crippen LogP contribution is -1.94. The molecule has 3 aromatic rings. The number of fused-ring (bicyclic) bond motifs is 1. The number of nitrogens with two attached hydrogens (primary N) is 1. The van der Waals surface area contributed by atoms with E-state index in [1.165, 1.54) is 11.3 Å². The van der Waals surface area contributed by atoms with Gasteiger partial charge in [-0.1, -0.05) is 29.9 Å². The number of nitrogen functional groups attached to an aromatic ring is 1. The van der Waals surface area contributed by atoms with Crippen LogP contribution in [0.1, 0.15) is 12.7 Å². The molecule has 0 aliphatic carbocycles. The van der Waals surface area contributed by atoms with E-state index < -0.39 is 0 Å². The van der Waals surface area contributed by atoms with Gasteiger partial charge in [0.1, 0.15) is 5.01 Å². The molecule has 0 atom stereocenters. The van der Waals surface area contributed by atoms with Crippen molar-refractivity contribution < 1.29 is 0 Å². The van der Waals surface area contributed by atoms with Crippen LogP contribution in [-0.2, 0) is 6.42 Å². The lowest BCUT2D eigenvalue weighted by molar-refractivity contribution is 0.838. The van der Waals surface area contributed by atoms with E-state index in [2.05, 4.69) is 15.3 Å². The highest BCUT2D eigenvalue weighted by atomic mass is 35.5. The number of rotatable bonds is 2. The molecule has 0 fully saturated rings. The molecule has 18 heavy (non-hydrogen) atoms. The number of benzene rings is 1. The van der Waals surface area contributed by atoms with Crippen LogP contribution in [0, 0.1) is 0 Å². The smallest absolute Gasteiger partial charge is 0.234 e. The fourth-order valence-electron chi connectivity index (χ4n) is 1.70. The maximum absolute atomic E-state index is 5.98. The molecule has 0 aliphatic heterocycles. The molecule has 7 heteroatoms. The Hall–Kier alpha value is -1.66. The predicted molar refractivity (Wildman–Crippen MR) is 72.9 cm³/mol. The van der Waals surface area contributed by atoms with Crippen molar-refractivity contribution in [2.75, 3.05) is 5.73 Å². The first-order chi connectivity index (χ1) is 8.69. The van der Waals surface area contributed by atoms with Gasteiger partial charge in [0, 0.05) is 22.7 Å². The molecular formula is C11H10ClN5S. The fourth-order valence-corrected chi connectivity index (χ4v) is 2.77. The van der Waals surface area contributed by atoms with Gasteiger partial charge < -0.3 is 5.73 Å². The van der Waals surface area contributed by atoms with Crippen molar-refractivity contribution in [2.24, 2.45) is 0 Å². The Morgan fingerprint density at radius 1 is 1.39 bits per heavy atom. The summed E-state index contributed by atoms with van der Waals surface area (Å²) in [5.41, 5.74) is 7.43. The molecule has 0 radical (unpaired) electrons. The molecule has 2 aromatic heterocycles. The summed E-state index contributed by atoms with van der Waals surface area (Å²) in [4.78, 5) is 0.765. The maximum Gasteiger partial charge on any atom is 0.234 e. The van der Waals surface area contributed by atoms with Gasteiger partial charge in [-0.15, -0.1) is 10.2 Å². The van der Waals surface area contributed by atoms with Crippen LogP contribution >= 0.6 is 22.9 Å². The number of anilines is 1. The van der Waals surface area contributed by atoms with E-state index in [4.69, 9.17) is 17.3 Å². The molecule has 0 saturated carbocycles. The fraction of sp³-hybridized carbons (Fsp3) is 0.182. The van der Waals surface area contributed by atoms with Crippen LogP contribution in [0.2, 0.25) is 5.02 Å². The van der Waals surface area contributed by atoms with E-state index in [0.717, 1.165) is 27.8 Å². The molecule has 0 amide bonds. The monoisotopic (exact) mass is 279 g/mol. The minimum atomic E-state index is 0.640. The van der Waals surface area contributed by atoms with Crippen molar-refractivity contribution in [2.45, 2.75) is 13.3 Å². The van der Waals surface area contributed by atoms with Gasteiger partial charge in [-0.25, -0.2) is 0 Å². The number of aryl methyl sites for hydroxylation is 1. The predicted octanol–water partition coefficient (Wildman–Crippen LogP) is 2.65. The van der Waals surface area contributed by atoms with Gasteiger partial charge in [0.2, 0.25) is 4.96 Å². The molecule has 0 saturated heterocycles. The van der Waals surface area contributed by atoms with Crippen LogP contribution in [0.25, 0.3) is 15.5 Å².